The highest BCUT2D eigenvalue weighted by Gasteiger charge is 2.23. The Kier molecular flexibility index (Phi) is 4.89. The monoisotopic (exact) mass is 270 g/mol. The second-order valence-electron chi connectivity index (χ2n) is 5.00. The Labute approximate surface area is 119 Å². The van der Waals surface area contributed by atoms with Crippen LogP contribution in [0.25, 0.3) is 6.08 Å². The number of ether oxygens (including phenoxy) is 1. The molecule has 0 saturated heterocycles. The van der Waals surface area contributed by atoms with Gasteiger partial charge in [-0.05, 0) is 30.5 Å². The van der Waals surface area contributed by atoms with E-state index in [-0.39, 0.29) is 17.3 Å². The van der Waals surface area contributed by atoms with Gasteiger partial charge in [-0.3, -0.25) is 4.79 Å². The summed E-state index contributed by atoms with van der Waals surface area (Å²) in [6, 6.07) is 5.53. The summed E-state index contributed by atoms with van der Waals surface area (Å²) in [5.74, 6) is 0.503. The van der Waals surface area contributed by atoms with E-state index in [4.69, 9.17) is 4.74 Å². The van der Waals surface area contributed by atoms with Crippen molar-refractivity contribution in [2.24, 2.45) is 5.92 Å². The van der Waals surface area contributed by atoms with Gasteiger partial charge in [-0.25, -0.2) is 4.98 Å². The number of rotatable bonds is 4. The fourth-order valence-electron chi connectivity index (χ4n) is 2.51. The van der Waals surface area contributed by atoms with Crippen molar-refractivity contribution < 1.29 is 9.53 Å². The Balaban J connectivity index is 2.15. The first-order chi connectivity index (χ1) is 9.74. The summed E-state index contributed by atoms with van der Waals surface area (Å²) in [6.45, 7) is 0. The van der Waals surface area contributed by atoms with Gasteiger partial charge in [-0.1, -0.05) is 19.3 Å². The number of carbonyl (C=O) groups excluding carboxylic acids is 1. The minimum Gasteiger partial charge on any atom is -0.481 e. The maximum atomic E-state index is 12.3. The van der Waals surface area contributed by atoms with E-state index in [1.54, 1.807) is 31.5 Å². The molecule has 0 aliphatic heterocycles. The molecule has 4 heteroatoms. The van der Waals surface area contributed by atoms with Crippen molar-refractivity contribution in [3.05, 3.63) is 29.5 Å². The van der Waals surface area contributed by atoms with Crippen LogP contribution in [0.5, 0.6) is 5.88 Å². The standard InChI is InChI=1S/C16H18N2O2/c1-20-15-8-7-12(11-18-15)9-14(10-17)16(19)13-5-3-2-4-6-13/h7-9,11,13H,2-6H2,1H3/b14-9+. The van der Waals surface area contributed by atoms with Gasteiger partial charge < -0.3 is 4.74 Å². The van der Waals surface area contributed by atoms with E-state index in [1.807, 2.05) is 6.07 Å². The highest BCUT2D eigenvalue weighted by atomic mass is 16.5. The molecular weight excluding hydrogens is 252 g/mol. The number of hydrogen-bond donors (Lipinski definition) is 0. The lowest BCUT2D eigenvalue weighted by Crippen LogP contribution is -2.18. The Bertz CT molecular complexity index is 535. The molecular formula is C16H18N2O2. The summed E-state index contributed by atoms with van der Waals surface area (Å²) < 4.78 is 4.98. The fourth-order valence-corrected chi connectivity index (χ4v) is 2.51. The van der Waals surface area contributed by atoms with E-state index < -0.39 is 0 Å². The zero-order chi connectivity index (χ0) is 14.4. The summed E-state index contributed by atoms with van der Waals surface area (Å²) in [4.78, 5) is 16.4. The van der Waals surface area contributed by atoms with Gasteiger partial charge in [-0.15, -0.1) is 0 Å². The van der Waals surface area contributed by atoms with Crippen LogP contribution in [0.2, 0.25) is 0 Å². The largest absolute Gasteiger partial charge is 0.481 e. The second kappa shape index (κ2) is 6.85. The molecule has 1 aromatic heterocycles. The van der Waals surface area contributed by atoms with Gasteiger partial charge in [0.2, 0.25) is 5.88 Å². The molecule has 0 atom stereocenters. The first kappa shape index (κ1) is 14.3. The van der Waals surface area contributed by atoms with Crippen LogP contribution in [0, 0.1) is 17.2 Å². The second-order valence-corrected chi connectivity index (χ2v) is 5.00. The van der Waals surface area contributed by atoms with Gasteiger partial charge in [0, 0.05) is 18.2 Å². The number of carbonyl (C=O) groups is 1. The topological polar surface area (TPSA) is 63.0 Å². The van der Waals surface area contributed by atoms with Crippen molar-refractivity contribution in [3.8, 4) is 11.9 Å². The van der Waals surface area contributed by atoms with Crippen LogP contribution in [0.3, 0.4) is 0 Å². The highest BCUT2D eigenvalue weighted by molar-refractivity contribution is 6.04. The minimum atomic E-state index is -0.0250. The SMILES string of the molecule is COc1ccc(/C=C(\C#N)C(=O)C2CCCCC2)cn1. The van der Waals surface area contributed by atoms with Gasteiger partial charge in [0.05, 0.1) is 12.7 Å². The molecule has 20 heavy (non-hydrogen) atoms. The molecule has 0 amide bonds. The lowest BCUT2D eigenvalue weighted by Gasteiger charge is -2.19. The predicted octanol–water partition coefficient (Wildman–Crippen LogP) is 3.15. The van der Waals surface area contributed by atoms with E-state index in [0.717, 1.165) is 31.2 Å². The summed E-state index contributed by atoms with van der Waals surface area (Å²) in [6.07, 6.45) is 8.38. The van der Waals surface area contributed by atoms with Gasteiger partial charge >= 0.3 is 0 Å². The number of methoxy groups -OCH3 is 1. The first-order valence-corrected chi connectivity index (χ1v) is 6.90. The van der Waals surface area contributed by atoms with Crippen molar-refractivity contribution in [1.82, 2.24) is 4.98 Å². The van der Waals surface area contributed by atoms with Crippen molar-refractivity contribution >= 4 is 11.9 Å². The number of hydrogen-bond acceptors (Lipinski definition) is 4. The third kappa shape index (κ3) is 3.45. The Morgan fingerprint density at radius 3 is 2.70 bits per heavy atom. The summed E-state index contributed by atoms with van der Waals surface area (Å²) in [5.41, 5.74) is 0.968. The summed E-state index contributed by atoms with van der Waals surface area (Å²) in [5, 5.41) is 9.20. The zero-order valence-electron chi connectivity index (χ0n) is 11.6. The summed E-state index contributed by atoms with van der Waals surface area (Å²) in [7, 11) is 1.55. The predicted molar refractivity (Wildman–Crippen MR) is 76.0 cm³/mol. The molecule has 4 nitrogen and oxygen atoms in total. The van der Waals surface area contributed by atoms with Gasteiger partial charge in [0.25, 0.3) is 0 Å². The maximum Gasteiger partial charge on any atom is 0.212 e. The fraction of sp³-hybridized carbons (Fsp3) is 0.438. The molecule has 0 radical (unpaired) electrons. The van der Waals surface area contributed by atoms with Crippen LogP contribution in [-0.4, -0.2) is 17.9 Å². The third-order valence-corrected chi connectivity index (χ3v) is 3.64. The molecule has 1 aliphatic rings. The number of aromatic nitrogens is 1. The lowest BCUT2D eigenvalue weighted by molar-refractivity contribution is -0.119. The van der Waals surface area contributed by atoms with Gasteiger partial charge in [0.1, 0.15) is 6.07 Å². The molecule has 0 bridgehead atoms. The summed E-state index contributed by atoms with van der Waals surface area (Å²) >= 11 is 0. The van der Waals surface area contributed by atoms with Crippen molar-refractivity contribution in [1.29, 1.82) is 5.26 Å². The van der Waals surface area contributed by atoms with Crippen LogP contribution in [0.1, 0.15) is 37.7 Å². The van der Waals surface area contributed by atoms with Crippen LogP contribution in [-0.2, 0) is 4.79 Å². The van der Waals surface area contributed by atoms with Gasteiger partial charge in [0.15, 0.2) is 5.78 Å². The molecule has 1 heterocycles. The minimum absolute atomic E-state index is 0.0147. The van der Waals surface area contributed by atoms with E-state index >= 15 is 0 Å². The Morgan fingerprint density at radius 2 is 2.15 bits per heavy atom. The average molecular weight is 270 g/mol. The third-order valence-electron chi connectivity index (χ3n) is 3.64. The number of ketones is 1. The molecule has 104 valence electrons. The number of Topliss-reactive ketones (excluding diaryl/α,β-unsaturated/α-hetero) is 1. The van der Waals surface area contributed by atoms with E-state index in [2.05, 4.69) is 4.98 Å². The molecule has 1 fully saturated rings. The Morgan fingerprint density at radius 1 is 1.40 bits per heavy atom. The van der Waals surface area contributed by atoms with Crippen molar-refractivity contribution in [2.45, 2.75) is 32.1 Å². The maximum absolute atomic E-state index is 12.3. The van der Waals surface area contributed by atoms with Crippen LogP contribution >= 0.6 is 0 Å². The molecule has 0 N–H and O–H groups in total. The number of pyridine rings is 1. The number of nitrogens with zero attached hydrogens (tertiary/aromatic N) is 2. The molecule has 2 rings (SSSR count). The molecule has 1 aliphatic carbocycles. The van der Waals surface area contributed by atoms with Crippen molar-refractivity contribution in [3.63, 3.8) is 0 Å². The van der Waals surface area contributed by atoms with Crippen LogP contribution in [0.15, 0.2) is 23.9 Å². The zero-order valence-corrected chi connectivity index (χ0v) is 11.6. The average Bonchev–Trinajstić information content (AvgIpc) is 2.53. The smallest absolute Gasteiger partial charge is 0.212 e. The first-order valence-electron chi connectivity index (χ1n) is 6.90. The van der Waals surface area contributed by atoms with Crippen LogP contribution < -0.4 is 4.74 Å². The molecule has 0 aromatic carbocycles. The number of nitriles is 1. The quantitative estimate of drug-likeness (QED) is 0.623. The normalized spacial score (nSPS) is 16.5. The van der Waals surface area contributed by atoms with Crippen molar-refractivity contribution in [2.75, 3.05) is 7.11 Å². The van der Waals surface area contributed by atoms with Gasteiger partial charge in [-0.2, -0.15) is 5.26 Å². The molecule has 0 unspecified atom stereocenters. The van der Waals surface area contributed by atoms with E-state index in [0.29, 0.717) is 5.88 Å². The lowest BCUT2D eigenvalue weighted by atomic mass is 9.83. The van der Waals surface area contributed by atoms with E-state index in [1.165, 1.54) is 6.42 Å². The number of allylic oxidation sites excluding steroid dienone is 1. The molecule has 0 spiro atoms. The highest BCUT2D eigenvalue weighted by Crippen LogP contribution is 2.27. The van der Waals surface area contributed by atoms with E-state index in [9.17, 15) is 10.1 Å². The Hall–Kier alpha value is -2.15. The molecule has 1 aromatic rings. The molecule has 1 saturated carbocycles. The van der Waals surface area contributed by atoms with Crippen LogP contribution in [0.4, 0.5) is 0 Å².